The van der Waals surface area contributed by atoms with Crippen LogP contribution in [0, 0.1) is 25.2 Å². The second kappa shape index (κ2) is 6.48. The topological polar surface area (TPSA) is 56.1 Å². The van der Waals surface area contributed by atoms with Gasteiger partial charge in [0, 0.05) is 19.1 Å². The highest BCUT2D eigenvalue weighted by molar-refractivity contribution is 5.58. The highest BCUT2D eigenvalue weighted by atomic mass is 15.3. The van der Waals surface area contributed by atoms with Gasteiger partial charge in [0.05, 0.1) is 5.69 Å². The lowest BCUT2D eigenvalue weighted by atomic mass is 10.1. The van der Waals surface area contributed by atoms with Gasteiger partial charge in [0.15, 0.2) is 5.82 Å². The van der Waals surface area contributed by atoms with Crippen molar-refractivity contribution >= 4 is 5.82 Å². The summed E-state index contributed by atoms with van der Waals surface area (Å²) in [5, 5.41) is 17.8. The second-order valence-corrected chi connectivity index (χ2v) is 5.12. The molecule has 0 fully saturated rings. The van der Waals surface area contributed by atoms with E-state index in [0.29, 0.717) is 11.4 Å². The summed E-state index contributed by atoms with van der Waals surface area (Å²) in [6.45, 7) is 9.74. The zero-order valence-electron chi connectivity index (χ0n) is 12.7. The Morgan fingerprint density at radius 3 is 2.37 bits per heavy atom. The summed E-state index contributed by atoms with van der Waals surface area (Å²) in [5.74, 6) is 0.697. The molecule has 1 unspecified atom stereocenters. The summed E-state index contributed by atoms with van der Waals surface area (Å²) in [6, 6.07) is 2.55. The number of hydrogen-bond donors (Lipinski definition) is 0. The number of rotatable bonds is 5. The number of aryl methyl sites for hydroxylation is 1. The molecule has 5 nitrogen and oxygen atoms in total. The van der Waals surface area contributed by atoms with Crippen LogP contribution in [0.3, 0.4) is 0 Å². The second-order valence-electron chi connectivity index (χ2n) is 5.12. The van der Waals surface area contributed by atoms with Crippen LogP contribution in [-0.2, 0) is 0 Å². The third kappa shape index (κ3) is 3.42. The number of hydrogen-bond acceptors (Lipinski definition) is 5. The van der Waals surface area contributed by atoms with Crippen molar-refractivity contribution < 1.29 is 0 Å². The van der Waals surface area contributed by atoms with E-state index in [-0.39, 0.29) is 6.04 Å². The van der Waals surface area contributed by atoms with Crippen LogP contribution >= 0.6 is 0 Å². The molecule has 0 saturated carbocycles. The standard InChI is InChI=1S/C14H23N5/c1-7-19(10(2)9-18(5)6)14-13(8-15)11(3)12(4)16-17-14/h10H,7,9H2,1-6H3. The fourth-order valence-corrected chi connectivity index (χ4v) is 2.23. The van der Waals surface area contributed by atoms with Crippen LogP contribution in [0.25, 0.3) is 0 Å². The molecule has 104 valence electrons. The number of anilines is 1. The monoisotopic (exact) mass is 261 g/mol. The molecule has 0 bridgehead atoms. The molecule has 0 aliphatic carbocycles. The van der Waals surface area contributed by atoms with E-state index >= 15 is 0 Å². The highest BCUT2D eigenvalue weighted by Gasteiger charge is 2.20. The molecule has 0 radical (unpaired) electrons. The molecule has 1 rings (SSSR count). The molecule has 19 heavy (non-hydrogen) atoms. The highest BCUT2D eigenvalue weighted by Crippen LogP contribution is 2.22. The van der Waals surface area contributed by atoms with Gasteiger partial charge in [-0.1, -0.05) is 0 Å². The van der Waals surface area contributed by atoms with Crippen LogP contribution in [-0.4, -0.2) is 48.3 Å². The molecule has 1 atom stereocenters. The lowest BCUT2D eigenvalue weighted by Gasteiger charge is -2.31. The van der Waals surface area contributed by atoms with Crippen LogP contribution < -0.4 is 4.90 Å². The van der Waals surface area contributed by atoms with Crippen molar-refractivity contribution in [3.8, 4) is 6.07 Å². The summed E-state index contributed by atoms with van der Waals surface area (Å²) in [6.07, 6.45) is 0. The van der Waals surface area contributed by atoms with Crippen LogP contribution in [0.2, 0.25) is 0 Å². The Morgan fingerprint density at radius 1 is 1.26 bits per heavy atom. The summed E-state index contributed by atoms with van der Waals surface area (Å²) < 4.78 is 0. The predicted octanol–water partition coefficient (Wildman–Crippen LogP) is 1.74. The third-order valence-corrected chi connectivity index (χ3v) is 3.32. The maximum atomic E-state index is 9.38. The van der Waals surface area contributed by atoms with Crippen molar-refractivity contribution in [2.45, 2.75) is 33.7 Å². The van der Waals surface area contributed by atoms with Gasteiger partial charge in [-0.3, -0.25) is 0 Å². The van der Waals surface area contributed by atoms with Gasteiger partial charge in [0.25, 0.3) is 0 Å². The van der Waals surface area contributed by atoms with Crippen LogP contribution in [0.5, 0.6) is 0 Å². The Balaban J connectivity index is 3.19. The van der Waals surface area contributed by atoms with Crippen molar-refractivity contribution in [3.63, 3.8) is 0 Å². The lowest BCUT2D eigenvalue weighted by Crippen LogP contribution is -2.41. The van der Waals surface area contributed by atoms with E-state index in [1.807, 2.05) is 27.9 Å². The number of aromatic nitrogens is 2. The molecule has 0 aromatic carbocycles. The minimum atomic E-state index is 0.281. The normalized spacial score (nSPS) is 12.3. The Kier molecular flexibility index (Phi) is 5.25. The molecule has 0 saturated heterocycles. The van der Waals surface area contributed by atoms with Gasteiger partial charge >= 0.3 is 0 Å². The quantitative estimate of drug-likeness (QED) is 0.808. The maximum Gasteiger partial charge on any atom is 0.169 e. The predicted molar refractivity (Wildman–Crippen MR) is 77.3 cm³/mol. The molecule has 0 aliphatic rings. The minimum Gasteiger partial charge on any atom is -0.350 e. The van der Waals surface area contributed by atoms with Crippen molar-refractivity contribution in [2.75, 3.05) is 32.1 Å². The largest absolute Gasteiger partial charge is 0.350 e. The Morgan fingerprint density at radius 2 is 1.89 bits per heavy atom. The number of nitrogens with zero attached hydrogens (tertiary/aromatic N) is 5. The van der Waals surface area contributed by atoms with Crippen molar-refractivity contribution in [1.82, 2.24) is 15.1 Å². The zero-order valence-corrected chi connectivity index (χ0v) is 12.7. The first-order valence-corrected chi connectivity index (χ1v) is 6.57. The Hall–Kier alpha value is -1.67. The van der Waals surface area contributed by atoms with E-state index in [2.05, 4.69) is 39.9 Å². The summed E-state index contributed by atoms with van der Waals surface area (Å²) in [5.41, 5.74) is 2.37. The van der Waals surface area contributed by atoms with Crippen LogP contribution in [0.4, 0.5) is 5.82 Å². The fourth-order valence-electron chi connectivity index (χ4n) is 2.23. The number of likely N-dealkylation sites (N-methyl/N-ethyl adjacent to an activating group) is 2. The molecule has 0 aliphatic heterocycles. The van der Waals surface area contributed by atoms with E-state index in [1.54, 1.807) is 0 Å². The van der Waals surface area contributed by atoms with E-state index < -0.39 is 0 Å². The molecule has 0 N–H and O–H groups in total. The minimum absolute atomic E-state index is 0.281. The molecule has 1 aromatic rings. The average Bonchev–Trinajstić information content (AvgIpc) is 2.34. The lowest BCUT2D eigenvalue weighted by molar-refractivity contribution is 0.372. The van der Waals surface area contributed by atoms with E-state index in [4.69, 9.17) is 0 Å². The smallest absolute Gasteiger partial charge is 0.169 e. The average molecular weight is 261 g/mol. The first-order valence-electron chi connectivity index (χ1n) is 6.57. The molecule has 1 aromatic heterocycles. The summed E-state index contributed by atoms with van der Waals surface area (Å²) >= 11 is 0. The molecule has 0 amide bonds. The number of nitriles is 1. The van der Waals surface area contributed by atoms with Gasteiger partial charge in [0.2, 0.25) is 0 Å². The molecule has 1 heterocycles. The zero-order chi connectivity index (χ0) is 14.6. The first-order chi connectivity index (χ1) is 8.92. The SMILES string of the molecule is CCN(c1nnc(C)c(C)c1C#N)C(C)CN(C)C. The molecular weight excluding hydrogens is 238 g/mol. The van der Waals surface area contributed by atoms with E-state index in [9.17, 15) is 5.26 Å². The Labute approximate surface area is 115 Å². The third-order valence-electron chi connectivity index (χ3n) is 3.32. The summed E-state index contributed by atoms with van der Waals surface area (Å²) in [4.78, 5) is 4.27. The van der Waals surface area contributed by atoms with Crippen molar-refractivity contribution in [2.24, 2.45) is 0 Å². The Bertz CT molecular complexity index is 475. The van der Waals surface area contributed by atoms with Crippen LogP contribution in [0.1, 0.15) is 30.7 Å². The molecule has 5 heteroatoms. The fraction of sp³-hybridized carbons (Fsp3) is 0.643. The van der Waals surface area contributed by atoms with Gasteiger partial charge < -0.3 is 9.80 Å². The first kappa shape index (κ1) is 15.4. The molecule has 0 spiro atoms. The van der Waals surface area contributed by atoms with Crippen molar-refractivity contribution in [3.05, 3.63) is 16.8 Å². The van der Waals surface area contributed by atoms with Crippen molar-refractivity contribution in [1.29, 1.82) is 5.26 Å². The van der Waals surface area contributed by atoms with E-state index in [0.717, 1.165) is 24.3 Å². The van der Waals surface area contributed by atoms with Gasteiger partial charge in [-0.25, -0.2) is 0 Å². The van der Waals surface area contributed by atoms with Gasteiger partial charge in [-0.2, -0.15) is 10.4 Å². The van der Waals surface area contributed by atoms with Gasteiger partial charge in [0.1, 0.15) is 11.6 Å². The summed E-state index contributed by atoms with van der Waals surface area (Å²) in [7, 11) is 4.09. The maximum absolute atomic E-state index is 9.38. The van der Waals surface area contributed by atoms with Gasteiger partial charge in [-0.05, 0) is 47.4 Å². The van der Waals surface area contributed by atoms with E-state index in [1.165, 1.54) is 0 Å². The van der Waals surface area contributed by atoms with Gasteiger partial charge in [-0.15, -0.1) is 5.10 Å². The molecular formula is C14H23N5. The van der Waals surface area contributed by atoms with Crippen LogP contribution in [0.15, 0.2) is 0 Å².